The summed E-state index contributed by atoms with van der Waals surface area (Å²) in [6, 6.07) is 44.6. The van der Waals surface area contributed by atoms with Crippen molar-refractivity contribution in [1.29, 1.82) is 0 Å². The Kier molecular flexibility index (Phi) is 23.2. The molecule has 15 aromatic rings. The number of anilines is 3. The molecule has 2 saturated heterocycles. The predicted molar refractivity (Wildman–Crippen MR) is 437 cm³/mol. The van der Waals surface area contributed by atoms with Gasteiger partial charge in [0, 0.05) is 120 Å². The van der Waals surface area contributed by atoms with Crippen LogP contribution in [-0.2, 0) is 31.1 Å². The van der Waals surface area contributed by atoms with Gasteiger partial charge < -0.3 is 55.3 Å². The van der Waals surface area contributed by atoms with E-state index in [-0.39, 0.29) is 29.1 Å². The topological polar surface area (TPSA) is 277 Å². The van der Waals surface area contributed by atoms with E-state index in [1.807, 2.05) is 120 Å². The standard InChI is InChI=1S/C29H29FN6O2S.C28H25F2N5O3S.C28H26FN5O2S/c1-19-4-9-25(39-19)17-37-23-14-21(30)15-24(16-23)38-22-7-5-20(6-8-22)27-26-28(31)32-18-33-29(26)36(34-27)13-12-35-10-2-3-11-35;1-16-2-4-22(39-16)14-37-20-11-18(29)12-21(13-20)38-24-5-3-17(10-23(24)30)26-25-27(31)32-15-33-28(25)35(34-26)19-6-8-36-9-7-19;1-17-6-11-24(37-17)15-35-22-12-19(29)13-23(14-22)36-21-9-7-18(8-10-21)26-25-27(30)31-16-32-28(25)34(33-26)20-4-2-3-5-20/h4-9,14-16,18H,2-3,10-13,17H2,1H3,(H2,31,32,33);2-5,10-13,15,19H,6-9,14H2,1H3,(H2,31,32,33);6-14,16,20H,2-5,15H2,1H3,(H2,30,31,32). The first-order chi connectivity index (χ1) is 56.0. The number of halogens is 4. The number of fused-ring (bicyclic) bond motifs is 3. The molecule has 588 valence electrons. The summed E-state index contributed by atoms with van der Waals surface area (Å²) in [5.41, 5.74) is 25.0. The van der Waals surface area contributed by atoms with Crippen LogP contribution in [0.25, 0.3) is 66.9 Å². The summed E-state index contributed by atoms with van der Waals surface area (Å²) in [6.07, 6.45) is 13.0. The summed E-state index contributed by atoms with van der Waals surface area (Å²) in [4.78, 5) is 35.1. The molecule has 0 atom stereocenters. The third-order valence-electron chi connectivity index (χ3n) is 19.9. The molecule has 6 N–H and O–H groups in total. The number of aryl methyl sites for hydroxylation is 3. The Morgan fingerprint density at radius 3 is 1.24 bits per heavy atom. The van der Waals surface area contributed by atoms with Crippen molar-refractivity contribution in [2.24, 2.45) is 0 Å². The number of nitrogen functional groups attached to an aromatic ring is 3. The zero-order valence-electron chi connectivity index (χ0n) is 63.1. The Morgan fingerprint density at radius 2 is 0.800 bits per heavy atom. The lowest BCUT2D eigenvalue weighted by molar-refractivity contribution is 0.0674. The van der Waals surface area contributed by atoms with Crippen LogP contribution in [0.4, 0.5) is 35.0 Å². The quantitative estimate of drug-likeness (QED) is 0.0502. The van der Waals surface area contributed by atoms with Crippen molar-refractivity contribution < 1.29 is 50.7 Å². The molecule has 0 bridgehead atoms. The van der Waals surface area contributed by atoms with Crippen LogP contribution >= 0.6 is 34.0 Å². The van der Waals surface area contributed by atoms with Gasteiger partial charge in [-0.3, -0.25) is 0 Å². The first-order valence-corrected chi connectivity index (χ1v) is 40.2. The lowest BCUT2D eigenvalue weighted by atomic mass is 10.1. The van der Waals surface area contributed by atoms with Gasteiger partial charge >= 0.3 is 0 Å². The van der Waals surface area contributed by atoms with Crippen LogP contribution in [0.2, 0.25) is 0 Å². The zero-order valence-corrected chi connectivity index (χ0v) is 65.5. The molecule has 9 aromatic heterocycles. The summed E-state index contributed by atoms with van der Waals surface area (Å²) < 4.78 is 104. The molecule has 3 aliphatic rings. The highest BCUT2D eigenvalue weighted by Crippen LogP contribution is 2.42. The van der Waals surface area contributed by atoms with E-state index in [4.69, 9.17) is 65.7 Å². The molecule has 115 heavy (non-hydrogen) atoms. The number of rotatable bonds is 23. The second kappa shape index (κ2) is 34.7. The molecule has 2 aliphatic heterocycles. The number of ether oxygens (including phenoxy) is 7. The summed E-state index contributed by atoms with van der Waals surface area (Å²) in [5, 5.41) is 16.6. The first kappa shape index (κ1) is 76.9. The van der Waals surface area contributed by atoms with E-state index >= 15 is 4.39 Å². The normalized spacial score (nSPS) is 13.9. The molecular formula is C85H80F4N16O7S3. The summed E-state index contributed by atoms with van der Waals surface area (Å²) in [7, 11) is 0. The van der Waals surface area contributed by atoms with Crippen molar-refractivity contribution in [3.63, 3.8) is 0 Å². The van der Waals surface area contributed by atoms with Gasteiger partial charge in [0.2, 0.25) is 0 Å². The van der Waals surface area contributed by atoms with Crippen LogP contribution in [-0.4, -0.2) is 97.0 Å². The molecule has 23 nitrogen and oxygen atoms in total. The van der Waals surface area contributed by atoms with Crippen LogP contribution in [0.5, 0.6) is 51.7 Å². The van der Waals surface area contributed by atoms with Gasteiger partial charge in [0.25, 0.3) is 0 Å². The van der Waals surface area contributed by atoms with Gasteiger partial charge in [-0.05, 0) is 176 Å². The highest BCUT2D eigenvalue weighted by Gasteiger charge is 2.28. The first-order valence-electron chi connectivity index (χ1n) is 37.7. The molecule has 0 spiro atoms. The van der Waals surface area contributed by atoms with Gasteiger partial charge in [-0.2, -0.15) is 15.3 Å². The number of thiophene rings is 3. The highest BCUT2D eigenvalue weighted by molar-refractivity contribution is 7.12. The molecule has 0 radical (unpaired) electrons. The minimum absolute atomic E-state index is 0.0680. The van der Waals surface area contributed by atoms with Crippen LogP contribution in [0, 0.1) is 44.0 Å². The minimum Gasteiger partial charge on any atom is -0.488 e. The van der Waals surface area contributed by atoms with Gasteiger partial charge in [-0.25, -0.2) is 61.5 Å². The van der Waals surface area contributed by atoms with E-state index in [9.17, 15) is 13.2 Å². The molecule has 1 aliphatic carbocycles. The second-order valence-corrected chi connectivity index (χ2v) is 32.2. The molecule has 0 unspecified atom stereocenters. The van der Waals surface area contributed by atoms with Crippen LogP contribution in [0.3, 0.4) is 0 Å². The molecule has 30 heteroatoms. The van der Waals surface area contributed by atoms with E-state index < -0.39 is 23.3 Å². The number of aromatic nitrogens is 12. The lowest BCUT2D eigenvalue weighted by Gasteiger charge is -2.22. The lowest BCUT2D eigenvalue weighted by Crippen LogP contribution is -2.24. The van der Waals surface area contributed by atoms with Crippen molar-refractivity contribution in [2.45, 2.75) is 111 Å². The SMILES string of the molecule is Cc1ccc(COc2cc(F)cc(Oc3ccc(-c4nn(C5CCCC5)c5ncnc(N)c45)cc3)c2)s1.Cc1ccc(COc2cc(F)cc(Oc3ccc(-c4nn(C5CCOCC5)c5ncnc(N)c45)cc3F)c2)s1.Cc1ccc(COc2cc(F)cc(Oc3ccc(-c4nn(CCN5CCCC5)c5ncnc(N)c45)cc3)c2)s1. The van der Waals surface area contributed by atoms with Gasteiger partial charge in [0.1, 0.15) is 137 Å². The van der Waals surface area contributed by atoms with Crippen molar-refractivity contribution in [2.75, 3.05) is 50.0 Å². The summed E-state index contributed by atoms with van der Waals surface area (Å²) in [5.74, 6) is 2.03. The number of likely N-dealkylation sites (tertiary alicyclic amines) is 1. The highest BCUT2D eigenvalue weighted by atomic mass is 32.1. The van der Waals surface area contributed by atoms with Gasteiger partial charge in [-0.1, -0.05) is 12.8 Å². The monoisotopic (exact) mass is 1610 g/mol. The minimum atomic E-state index is -0.641. The smallest absolute Gasteiger partial charge is 0.166 e. The zero-order chi connectivity index (χ0) is 79.1. The Hall–Kier alpha value is -12.1. The molecular weight excluding hydrogens is 1530 g/mol. The van der Waals surface area contributed by atoms with Crippen molar-refractivity contribution in [3.8, 4) is 85.5 Å². The molecule has 0 amide bonds. The van der Waals surface area contributed by atoms with Gasteiger partial charge in [0.05, 0.1) is 34.8 Å². The number of nitrogens with two attached hydrogens (primary N) is 3. The summed E-state index contributed by atoms with van der Waals surface area (Å²) >= 11 is 4.91. The van der Waals surface area contributed by atoms with Crippen molar-refractivity contribution >= 4 is 84.6 Å². The molecule has 1 saturated carbocycles. The predicted octanol–water partition coefficient (Wildman–Crippen LogP) is 19.6. The molecule has 18 rings (SSSR count). The Morgan fingerprint density at radius 1 is 0.400 bits per heavy atom. The number of hydrogen-bond donors (Lipinski definition) is 3. The van der Waals surface area contributed by atoms with Crippen LogP contribution in [0.15, 0.2) is 177 Å². The van der Waals surface area contributed by atoms with Crippen LogP contribution < -0.4 is 45.6 Å². The van der Waals surface area contributed by atoms with E-state index in [0.29, 0.717) is 107 Å². The van der Waals surface area contributed by atoms with Crippen molar-refractivity contribution in [3.05, 3.63) is 229 Å². The van der Waals surface area contributed by atoms with E-state index in [0.717, 1.165) is 116 Å². The fourth-order valence-corrected chi connectivity index (χ4v) is 16.7. The van der Waals surface area contributed by atoms with Crippen molar-refractivity contribution in [1.82, 2.24) is 64.1 Å². The van der Waals surface area contributed by atoms with Crippen LogP contribution in [0.1, 0.15) is 92.7 Å². The fraction of sp³-hybridized carbons (Fsp3) is 0.259. The third-order valence-corrected chi connectivity index (χ3v) is 22.8. The number of nitrogens with zero attached hydrogens (tertiary/aromatic N) is 13. The number of benzene rings is 6. The average molecular weight is 1610 g/mol. The second-order valence-electron chi connectivity index (χ2n) is 28.1. The van der Waals surface area contributed by atoms with Gasteiger partial charge in [-0.15, -0.1) is 34.0 Å². The molecule has 6 aromatic carbocycles. The number of hydrogen-bond acceptors (Lipinski definition) is 23. The Labute approximate surface area is 670 Å². The third kappa shape index (κ3) is 18.3. The van der Waals surface area contributed by atoms with E-state index in [1.54, 1.807) is 52.2 Å². The maximum atomic E-state index is 15.3. The largest absolute Gasteiger partial charge is 0.488 e. The average Bonchev–Trinajstić information content (AvgIpc) is 1.61. The van der Waals surface area contributed by atoms with E-state index in [2.05, 4.69) is 34.8 Å². The maximum Gasteiger partial charge on any atom is 0.166 e. The Bertz CT molecular complexity index is 5940. The summed E-state index contributed by atoms with van der Waals surface area (Å²) in [6.45, 7) is 12.3. The Balaban J connectivity index is 0.000000130. The molecule has 11 heterocycles. The maximum absolute atomic E-state index is 15.3. The van der Waals surface area contributed by atoms with Gasteiger partial charge in [0.15, 0.2) is 28.5 Å². The van der Waals surface area contributed by atoms with E-state index in [1.165, 1.54) is 109 Å². The molecule has 3 fully saturated rings. The fourth-order valence-electron chi connectivity index (χ4n) is 14.3.